The highest BCUT2D eigenvalue weighted by atomic mass is 32.2. The van der Waals surface area contributed by atoms with Gasteiger partial charge in [0.25, 0.3) is 0 Å². The van der Waals surface area contributed by atoms with E-state index in [0.29, 0.717) is 0 Å². The smallest absolute Gasteiger partial charge is 0.117 e. The molecule has 0 amide bonds. The van der Waals surface area contributed by atoms with Gasteiger partial charge in [-0.2, -0.15) is 0 Å². The fourth-order valence-electron chi connectivity index (χ4n) is 2.06. The Kier molecular flexibility index (Phi) is 4.43. The number of nitrogens with zero attached hydrogens (tertiary/aromatic N) is 3. The molecule has 0 radical (unpaired) electrons. The lowest BCUT2D eigenvalue weighted by atomic mass is 10.2. The number of hydrogen-bond acceptors (Lipinski definition) is 5. The molecule has 0 unspecified atom stereocenters. The van der Waals surface area contributed by atoms with Crippen LogP contribution in [0.25, 0.3) is 10.9 Å². The van der Waals surface area contributed by atoms with Crippen molar-refractivity contribution in [2.45, 2.75) is 23.5 Å². The average molecular weight is 296 g/mol. The molecule has 21 heavy (non-hydrogen) atoms. The van der Waals surface area contributed by atoms with Crippen molar-refractivity contribution in [3.05, 3.63) is 54.5 Å². The maximum absolute atomic E-state index is 4.50. The summed E-state index contributed by atoms with van der Waals surface area (Å²) in [6, 6.07) is 12.1. The van der Waals surface area contributed by atoms with Gasteiger partial charge < -0.3 is 5.32 Å². The Bertz CT molecular complexity index is 740. The highest BCUT2D eigenvalue weighted by Crippen LogP contribution is 2.31. The second-order valence-electron chi connectivity index (χ2n) is 4.55. The van der Waals surface area contributed by atoms with E-state index in [4.69, 9.17) is 0 Å². The van der Waals surface area contributed by atoms with Crippen LogP contribution in [0, 0.1) is 0 Å². The molecule has 3 aromatic rings. The predicted molar refractivity (Wildman–Crippen MR) is 85.3 cm³/mol. The molecular weight excluding hydrogens is 280 g/mol. The third-order valence-corrected chi connectivity index (χ3v) is 4.19. The quantitative estimate of drug-likeness (QED) is 0.732. The third kappa shape index (κ3) is 3.20. The fourth-order valence-corrected chi connectivity index (χ4v) is 3.01. The SMILES string of the molecule is CCNCc1cccnc1Sc1ncnc2ccccc12. The first kappa shape index (κ1) is 14.0. The van der Waals surface area contributed by atoms with Crippen LogP contribution in [0.2, 0.25) is 0 Å². The van der Waals surface area contributed by atoms with E-state index in [2.05, 4.69) is 33.3 Å². The largest absolute Gasteiger partial charge is 0.313 e. The van der Waals surface area contributed by atoms with Crippen LogP contribution in [-0.4, -0.2) is 21.5 Å². The van der Waals surface area contributed by atoms with Crippen LogP contribution >= 0.6 is 11.8 Å². The zero-order valence-corrected chi connectivity index (χ0v) is 12.6. The average Bonchev–Trinajstić information content (AvgIpc) is 2.54. The molecule has 1 N–H and O–H groups in total. The van der Waals surface area contributed by atoms with Gasteiger partial charge in [0.05, 0.1) is 5.52 Å². The molecule has 0 spiro atoms. The maximum atomic E-state index is 4.50. The van der Waals surface area contributed by atoms with Crippen LogP contribution in [0.1, 0.15) is 12.5 Å². The monoisotopic (exact) mass is 296 g/mol. The third-order valence-electron chi connectivity index (χ3n) is 3.12. The highest BCUT2D eigenvalue weighted by molar-refractivity contribution is 7.99. The van der Waals surface area contributed by atoms with E-state index in [-0.39, 0.29) is 0 Å². The van der Waals surface area contributed by atoms with Gasteiger partial charge in [-0.3, -0.25) is 0 Å². The van der Waals surface area contributed by atoms with Crippen molar-refractivity contribution in [1.29, 1.82) is 0 Å². The van der Waals surface area contributed by atoms with Crippen molar-refractivity contribution >= 4 is 22.7 Å². The van der Waals surface area contributed by atoms with Crippen molar-refractivity contribution in [1.82, 2.24) is 20.3 Å². The second kappa shape index (κ2) is 6.65. The van der Waals surface area contributed by atoms with Gasteiger partial charge in [-0.1, -0.05) is 31.2 Å². The van der Waals surface area contributed by atoms with Crippen molar-refractivity contribution < 1.29 is 0 Å². The van der Waals surface area contributed by atoms with Crippen LogP contribution in [0.15, 0.2) is 59.0 Å². The Hall–Kier alpha value is -1.98. The molecular formula is C16H16N4S. The molecule has 0 aliphatic carbocycles. The van der Waals surface area contributed by atoms with Crippen molar-refractivity contribution in [3.8, 4) is 0 Å². The molecule has 0 saturated heterocycles. The summed E-state index contributed by atoms with van der Waals surface area (Å²) in [5.74, 6) is 0. The second-order valence-corrected chi connectivity index (χ2v) is 5.52. The number of nitrogens with one attached hydrogen (secondary N) is 1. The van der Waals surface area contributed by atoms with Crippen LogP contribution in [0.5, 0.6) is 0 Å². The number of pyridine rings is 1. The molecule has 0 saturated carbocycles. The van der Waals surface area contributed by atoms with E-state index in [9.17, 15) is 0 Å². The molecule has 0 bridgehead atoms. The summed E-state index contributed by atoms with van der Waals surface area (Å²) in [6.45, 7) is 3.85. The van der Waals surface area contributed by atoms with Crippen molar-refractivity contribution in [2.75, 3.05) is 6.54 Å². The Morgan fingerprint density at radius 1 is 1.00 bits per heavy atom. The van der Waals surface area contributed by atoms with Gasteiger partial charge in [-0.25, -0.2) is 15.0 Å². The summed E-state index contributed by atoms with van der Waals surface area (Å²) in [6.07, 6.45) is 3.43. The summed E-state index contributed by atoms with van der Waals surface area (Å²) in [4.78, 5) is 13.2. The van der Waals surface area contributed by atoms with Crippen molar-refractivity contribution in [2.24, 2.45) is 0 Å². The van der Waals surface area contributed by atoms with E-state index in [1.165, 1.54) is 5.56 Å². The first-order valence-corrected chi connectivity index (χ1v) is 7.72. The molecule has 106 valence electrons. The minimum absolute atomic E-state index is 0.815. The molecule has 0 aliphatic rings. The molecule has 0 aliphatic heterocycles. The van der Waals surface area contributed by atoms with E-state index in [1.54, 1.807) is 18.1 Å². The zero-order valence-electron chi connectivity index (χ0n) is 11.8. The van der Waals surface area contributed by atoms with Crippen LogP contribution in [0.4, 0.5) is 0 Å². The predicted octanol–water partition coefficient (Wildman–Crippen LogP) is 3.29. The molecule has 2 heterocycles. The summed E-state index contributed by atoms with van der Waals surface area (Å²) >= 11 is 1.59. The Morgan fingerprint density at radius 3 is 2.81 bits per heavy atom. The number of hydrogen-bond donors (Lipinski definition) is 1. The van der Waals surface area contributed by atoms with Crippen LogP contribution in [0.3, 0.4) is 0 Å². The summed E-state index contributed by atoms with van der Waals surface area (Å²) in [7, 11) is 0. The normalized spacial score (nSPS) is 10.9. The van der Waals surface area contributed by atoms with Crippen molar-refractivity contribution in [3.63, 3.8) is 0 Å². The maximum Gasteiger partial charge on any atom is 0.117 e. The van der Waals surface area contributed by atoms with Gasteiger partial charge in [0, 0.05) is 18.1 Å². The Labute approximate surface area is 128 Å². The first-order chi connectivity index (χ1) is 10.4. The molecule has 3 rings (SSSR count). The number of benzene rings is 1. The van der Waals surface area contributed by atoms with Gasteiger partial charge in [0.2, 0.25) is 0 Å². The molecule has 4 nitrogen and oxygen atoms in total. The topological polar surface area (TPSA) is 50.7 Å². The summed E-state index contributed by atoms with van der Waals surface area (Å²) in [5, 5.41) is 6.33. The highest BCUT2D eigenvalue weighted by Gasteiger charge is 2.09. The molecule has 0 fully saturated rings. The molecule has 2 aromatic heterocycles. The molecule has 5 heteroatoms. The lowest BCUT2D eigenvalue weighted by Crippen LogP contribution is -2.12. The van der Waals surface area contributed by atoms with Gasteiger partial charge in [0.15, 0.2) is 0 Å². The number of para-hydroxylation sites is 1. The van der Waals surface area contributed by atoms with Gasteiger partial charge in [-0.15, -0.1) is 0 Å². The lowest BCUT2D eigenvalue weighted by Gasteiger charge is -2.09. The Morgan fingerprint density at radius 2 is 1.90 bits per heavy atom. The molecule has 1 aromatic carbocycles. The zero-order chi connectivity index (χ0) is 14.5. The summed E-state index contributed by atoms with van der Waals surface area (Å²) < 4.78 is 0. The lowest BCUT2D eigenvalue weighted by molar-refractivity contribution is 0.711. The standard InChI is InChI=1S/C16H16N4S/c1-2-17-10-12-6-5-9-18-15(12)21-16-13-7-3-4-8-14(13)19-11-20-16/h3-9,11,17H,2,10H2,1H3. The number of fused-ring (bicyclic) bond motifs is 1. The number of rotatable bonds is 5. The minimum Gasteiger partial charge on any atom is -0.313 e. The minimum atomic E-state index is 0.815. The van der Waals surface area contributed by atoms with Gasteiger partial charge >= 0.3 is 0 Å². The van der Waals surface area contributed by atoms with Crippen LogP contribution < -0.4 is 5.32 Å². The van der Waals surface area contributed by atoms with E-state index in [1.807, 2.05) is 36.5 Å². The summed E-state index contributed by atoms with van der Waals surface area (Å²) in [5.41, 5.74) is 2.14. The first-order valence-electron chi connectivity index (χ1n) is 6.90. The molecule has 0 atom stereocenters. The van der Waals surface area contributed by atoms with Crippen LogP contribution in [-0.2, 0) is 6.54 Å². The van der Waals surface area contributed by atoms with E-state index < -0.39 is 0 Å². The number of aromatic nitrogens is 3. The van der Waals surface area contributed by atoms with E-state index >= 15 is 0 Å². The fraction of sp³-hybridized carbons (Fsp3) is 0.188. The van der Waals surface area contributed by atoms with Gasteiger partial charge in [-0.05, 0) is 36.0 Å². The Balaban J connectivity index is 1.95. The van der Waals surface area contributed by atoms with E-state index in [0.717, 1.165) is 34.0 Å². The van der Waals surface area contributed by atoms with Gasteiger partial charge in [0.1, 0.15) is 16.4 Å².